The Bertz CT molecular complexity index is 1320. The molecule has 4 aromatic rings. The van der Waals surface area contributed by atoms with Crippen LogP contribution in [0.4, 0.5) is 5.69 Å². The second-order valence-electron chi connectivity index (χ2n) is 7.62. The second-order valence-corrected chi connectivity index (χ2v) is 7.62. The molecule has 0 unspecified atom stereocenters. The summed E-state index contributed by atoms with van der Waals surface area (Å²) in [7, 11) is 0. The molecule has 2 nitrogen and oxygen atoms in total. The molecule has 0 radical (unpaired) electrons. The molecule has 3 aromatic carbocycles. The van der Waals surface area contributed by atoms with Gasteiger partial charge in [-0.3, -0.25) is 4.98 Å². The number of rotatable bonds is 6. The van der Waals surface area contributed by atoms with Crippen molar-refractivity contribution >= 4 is 40.5 Å². The van der Waals surface area contributed by atoms with Gasteiger partial charge in [0.1, 0.15) is 0 Å². The Morgan fingerprint density at radius 2 is 1.44 bits per heavy atom. The summed E-state index contributed by atoms with van der Waals surface area (Å²) in [6.45, 7) is 4.09. The van der Waals surface area contributed by atoms with Gasteiger partial charge >= 0.3 is 0 Å². The quantitative estimate of drug-likeness (QED) is 0.293. The molecule has 0 atom stereocenters. The minimum Gasteiger partial charge on any atom is -0.256 e. The zero-order chi connectivity index (χ0) is 22.2. The molecule has 0 fully saturated rings. The van der Waals surface area contributed by atoms with E-state index in [9.17, 15) is 0 Å². The molecule has 0 aliphatic rings. The highest BCUT2D eigenvalue weighted by Gasteiger charge is 1.97. The molecule has 32 heavy (non-hydrogen) atoms. The molecular weight excluding hydrogens is 388 g/mol. The molecule has 0 aliphatic carbocycles. The van der Waals surface area contributed by atoms with Crippen LogP contribution in [-0.4, -0.2) is 10.7 Å². The molecular formula is C30H26N2. The third-order valence-electron chi connectivity index (χ3n) is 5.17. The van der Waals surface area contributed by atoms with Crippen LogP contribution in [0.5, 0.6) is 0 Å². The number of para-hydroxylation sites is 2. The molecule has 156 valence electrons. The summed E-state index contributed by atoms with van der Waals surface area (Å²) in [5.41, 5.74) is 7.48. The fourth-order valence-electron chi connectivity index (χ4n) is 3.40. The Hall–Kier alpha value is -4.04. The summed E-state index contributed by atoms with van der Waals surface area (Å²) >= 11 is 0. The Kier molecular flexibility index (Phi) is 6.84. The van der Waals surface area contributed by atoms with Crippen LogP contribution in [0.25, 0.3) is 29.1 Å². The summed E-state index contributed by atoms with van der Waals surface area (Å²) in [6.07, 6.45) is 14.3. The Morgan fingerprint density at radius 3 is 2.22 bits per heavy atom. The SMILES string of the molecule is CC=CC(/C=C/c1ccc(/C=C/c2cnc3ccccc3c2)cc1)=N\c1ccccc1C. The number of pyridine rings is 1. The highest BCUT2D eigenvalue weighted by Crippen LogP contribution is 2.19. The van der Waals surface area contributed by atoms with Crippen LogP contribution in [0.1, 0.15) is 29.2 Å². The highest BCUT2D eigenvalue weighted by atomic mass is 14.7. The van der Waals surface area contributed by atoms with Crippen LogP contribution in [0.3, 0.4) is 0 Å². The van der Waals surface area contributed by atoms with Crippen molar-refractivity contribution in [3.63, 3.8) is 0 Å². The van der Waals surface area contributed by atoms with Gasteiger partial charge in [0.2, 0.25) is 0 Å². The molecule has 0 N–H and O–H groups in total. The lowest BCUT2D eigenvalue weighted by molar-refractivity contribution is 1.40. The summed E-state index contributed by atoms with van der Waals surface area (Å²) in [6, 6.07) is 27.0. The number of hydrogen-bond acceptors (Lipinski definition) is 2. The summed E-state index contributed by atoms with van der Waals surface area (Å²) in [5, 5.41) is 1.15. The first-order valence-corrected chi connectivity index (χ1v) is 10.8. The smallest absolute Gasteiger partial charge is 0.0702 e. The van der Waals surface area contributed by atoms with Gasteiger partial charge in [-0.05, 0) is 66.5 Å². The first-order chi connectivity index (χ1) is 15.7. The van der Waals surface area contributed by atoms with Crippen molar-refractivity contribution in [3.05, 3.63) is 126 Å². The second kappa shape index (κ2) is 10.3. The highest BCUT2D eigenvalue weighted by molar-refractivity contribution is 6.07. The van der Waals surface area contributed by atoms with Gasteiger partial charge in [-0.1, -0.05) is 85.0 Å². The van der Waals surface area contributed by atoms with Crippen LogP contribution in [-0.2, 0) is 0 Å². The average molecular weight is 415 g/mol. The van der Waals surface area contributed by atoms with Crippen molar-refractivity contribution in [2.75, 3.05) is 0 Å². The minimum atomic E-state index is 0.926. The molecule has 0 saturated carbocycles. The zero-order valence-corrected chi connectivity index (χ0v) is 18.4. The number of hydrogen-bond donors (Lipinski definition) is 0. The lowest BCUT2D eigenvalue weighted by atomic mass is 10.1. The van der Waals surface area contributed by atoms with Crippen LogP contribution in [0, 0.1) is 6.92 Å². The van der Waals surface area contributed by atoms with Gasteiger partial charge < -0.3 is 0 Å². The Labute approximate surface area is 190 Å². The van der Waals surface area contributed by atoms with Crippen LogP contribution < -0.4 is 0 Å². The van der Waals surface area contributed by atoms with Gasteiger partial charge in [0.25, 0.3) is 0 Å². The summed E-state index contributed by atoms with van der Waals surface area (Å²) in [5.74, 6) is 0. The molecule has 2 heteroatoms. The van der Waals surface area contributed by atoms with E-state index in [2.05, 4.69) is 78.7 Å². The molecule has 0 saturated heterocycles. The zero-order valence-electron chi connectivity index (χ0n) is 18.4. The van der Waals surface area contributed by atoms with Crippen molar-refractivity contribution < 1.29 is 0 Å². The molecule has 1 aromatic heterocycles. The van der Waals surface area contributed by atoms with Gasteiger partial charge in [0.15, 0.2) is 0 Å². The van der Waals surface area contributed by atoms with Crippen molar-refractivity contribution in [1.82, 2.24) is 4.98 Å². The van der Waals surface area contributed by atoms with E-state index in [1.54, 1.807) is 0 Å². The maximum atomic E-state index is 4.79. The summed E-state index contributed by atoms with van der Waals surface area (Å²) in [4.78, 5) is 9.31. The van der Waals surface area contributed by atoms with Gasteiger partial charge in [-0.25, -0.2) is 4.99 Å². The van der Waals surface area contributed by atoms with E-state index in [-0.39, 0.29) is 0 Å². The van der Waals surface area contributed by atoms with Crippen molar-refractivity contribution in [1.29, 1.82) is 0 Å². The number of nitrogens with zero attached hydrogens (tertiary/aromatic N) is 2. The van der Waals surface area contributed by atoms with Crippen LogP contribution in [0.15, 0.2) is 108 Å². The van der Waals surface area contributed by atoms with E-state index >= 15 is 0 Å². The first kappa shape index (κ1) is 21.2. The van der Waals surface area contributed by atoms with Crippen LogP contribution >= 0.6 is 0 Å². The monoisotopic (exact) mass is 414 g/mol. The van der Waals surface area contributed by atoms with E-state index in [1.807, 2.05) is 61.7 Å². The number of fused-ring (bicyclic) bond motifs is 1. The van der Waals surface area contributed by atoms with E-state index < -0.39 is 0 Å². The molecule has 0 spiro atoms. The predicted molar refractivity (Wildman–Crippen MR) is 139 cm³/mol. The van der Waals surface area contributed by atoms with Gasteiger partial charge in [-0.15, -0.1) is 0 Å². The van der Waals surface area contributed by atoms with Gasteiger partial charge in [0, 0.05) is 11.6 Å². The third kappa shape index (κ3) is 5.55. The lowest BCUT2D eigenvalue weighted by Gasteiger charge is -2.01. The standard InChI is InChI=1S/C30H26N2/c1-3-8-28(32-29-11-6-4-9-23(29)2)20-19-25-15-13-24(14-16-25)17-18-26-21-27-10-5-7-12-30(27)31-22-26/h3-22H,1-2H3/b8-3?,18-17+,20-19+,32-28+. The number of allylic oxidation sites excluding steroid dienone is 3. The lowest BCUT2D eigenvalue weighted by Crippen LogP contribution is -1.88. The Balaban J connectivity index is 1.48. The van der Waals surface area contributed by atoms with Crippen molar-refractivity contribution in [2.24, 2.45) is 4.99 Å². The first-order valence-electron chi connectivity index (χ1n) is 10.8. The maximum Gasteiger partial charge on any atom is 0.0702 e. The average Bonchev–Trinajstić information content (AvgIpc) is 2.83. The van der Waals surface area contributed by atoms with E-state index in [0.29, 0.717) is 0 Å². The van der Waals surface area contributed by atoms with Gasteiger partial charge in [-0.2, -0.15) is 0 Å². The van der Waals surface area contributed by atoms with E-state index in [0.717, 1.165) is 39.0 Å². The van der Waals surface area contributed by atoms with Crippen molar-refractivity contribution in [3.8, 4) is 0 Å². The Morgan fingerprint density at radius 1 is 0.750 bits per heavy atom. The van der Waals surface area contributed by atoms with Gasteiger partial charge in [0.05, 0.1) is 16.9 Å². The maximum absolute atomic E-state index is 4.79. The fourth-order valence-corrected chi connectivity index (χ4v) is 3.40. The number of benzene rings is 3. The topological polar surface area (TPSA) is 25.2 Å². The molecule has 4 rings (SSSR count). The fraction of sp³-hybridized carbons (Fsp3) is 0.0667. The number of aliphatic imine (C=N–C) groups is 1. The minimum absolute atomic E-state index is 0.926. The normalized spacial score (nSPS) is 12.5. The molecule has 0 amide bonds. The third-order valence-corrected chi connectivity index (χ3v) is 5.17. The largest absolute Gasteiger partial charge is 0.256 e. The van der Waals surface area contributed by atoms with Crippen LogP contribution in [0.2, 0.25) is 0 Å². The molecule has 1 heterocycles. The predicted octanol–water partition coefficient (Wildman–Crippen LogP) is 8.08. The van der Waals surface area contributed by atoms with E-state index in [4.69, 9.17) is 4.99 Å². The summed E-state index contributed by atoms with van der Waals surface area (Å²) < 4.78 is 0. The number of aryl methyl sites for hydroxylation is 1. The van der Waals surface area contributed by atoms with Crippen molar-refractivity contribution in [2.45, 2.75) is 13.8 Å². The van der Waals surface area contributed by atoms with E-state index in [1.165, 1.54) is 5.56 Å². The molecule has 0 bridgehead atoms. The molecule has 0 aliphatic heterocycles. The number of aromatic nitrogens is 1.